The van der Waals surface area contributed by atoms with Crippen molar-refractivity contribution < 1.29 is 9.53 Å². The van der Waals surface area contributed by atoms with Crippen molar-refractivity contribution >= 4 is 49.8 Å². The number of ketones is 1. The monoisotopic (exact) mass is 444 g/mol. The van der Waals surface area contributed by atoms with Crippen molar-refractivity contribution in [2.75, 3.05) is 42.3 Å². The standard InChI is InChI=1S/C20H22ClN6O2P/c1-12-18(22)20(27(30)25-12)24-16-10-17(26-6-8-29-9-7-26)23-11-14(16)19(28)13-4-2-3-5-15(13)21/h2-5,10-11H,6-9,22,30H2,1H3,(H,23,24). The number of nitrogen functional groups attached to an aromatic ring is 1. The summed E-state index contributed by atoms with van der Waals surface area (Å²) in [6.45, 7) is 4.55. The van der Waals surface area contributed by atoms with E-state index in [0.717, 1.165) is 18.9 Å². The van der Waals surface area contributed by atoms with Crippen LogP contribution in [0.25, 0.3) is 0 Å². The molecule has 0 amide bonds. The number of anilines is 4. The van der Waals surface area contributed by atoms with Gasteiger partial charge in [0, 0.05) is 30.9 Å². The molecule has 2 aromatic heterocycles. The van der Waals surface area contributed by atoms with Crippen LogP contribution in [-0.4, -0.2) is 46.6 Å². The third kappa shape index (κ3) is 3.99. The second-order valence-corrected chi connectivity index (χ2v) is 7.81. The van der Waals surface area contributed by atoms with Crippen molar-refractivity contribution in [2.24, 2.45) is 0 Å². The van der Waals surface area contributed by atoms with Crippen molar-refractivity contribution in [2.45, 2.75) is 6.92 Å². The molecule has 4 rings (SSSR count). The van der Waals surface area contributed by atoms with Gasteiger partial charge in [-0.05, 0) is 28.4 Å². The average Bonchev–Trinajstić information content (AvgIpc) is 3.00. The Morgan fingerprint density at radius 3 is 2.67 bits per heavy atom. The maximum absolute atomic E-state index is 13.3. The molecular weight excluding hydrogens is 423 g/mol. The van der Waals surface area contributed by atoms with Crippen LogP contribution in [0.4, 0.5) is 23.0 Å². The van der Waals surface area contributed by atoms with Crippen LogP contribution >= 0.6 is 21.0 Å². The van der Waals surface area contributed by atoms with Gasteiger partial charge >= 0.3 is 0 Å². The van der Waals surface area contributed by atoms with Crippen LogP contribution < -0.4 is 16.0 Å². The predicted molar refractivity (Wildman–Crippen MR) is 122 cm³/mol. The number of ether oxygens (including phenoxy) is 1. The SMILES string of the molecule is Cc1nn(P)c(Nc2cc(N3CCOCC3)ncc2C(=O)c2ccccc2Cl)c1N. The number of morpholine rings is 1. The number of halogens is 1. The average molecular weight is 445 g/mol. The summed E-state index contributed by atoms with van der Waals surface area (Å²) in [7, 11) is 2.49. The van der Waals surface area contributed by atoms with Gasteiger partial charge in [-0.1, -0.05) is 23.7 Å². The maximum Gasteiger partial charge on any atom is 0.198 e. The second kappa shape index (κ2) is 8.60. The Hall–Kier alpha value is -2.67. The first-order valence-electron chi connectivity index (χ1n) is 9.45. The Balaban J connectivity index is 1.78. The topological polar surface area (TPSA) is 98.3 Å². The number of rotatable bonds is 5. The molecule has 3 aromatic rings. The highest BCUT2D eigenvalue weighted by atomic mass is 35.5. The van der Waals surface area contributed by atoms with E-state index in [-0.39, 0.29) is 5.78 Å². The number of nitrogens with zero attached hydrogens (tertiary/aromatic N) is 4. The lowest BCUT2D eigenvalue weighted by Gasteiger charge is -2.28. The lowest BCUT2D eigenvalue weighted by atomic mass is 10.0. The van der Waals surface area contributed by atoms with Gasteiger partial charge in [0.2, 0.25) is 0 Å². The van der Waals surface area contributed by atoms with Crippen molar-refractivity contribution in [3.8, 4) is 0 Å². The van der Waals surface area contributed by atoms with Gasteiger partial charge in [-0.25, -0.2) is 9.44 Å². The number of carbonyl (C=O) groups is 1. The van der Waals surface area contributed by atoms with Crippen LogP contribution in [-0.2, 0) is 4.74 Å². The van der Waals surface area contributed by atoms with Crippen LogP contribution in [0, 0.1) is 6.92 Å². The van der Waals surface area contributed by atoms with Crippen molar-refractivity contribution in [1.82, 2.24) is 14.5 Å². The first kappa shape index (κ1) is 20.6. The molecule has 1 aliphatic heterocycles. The number of nitrogens with two attached hydrogens (primary N) is 1. The summed E-state index contributed by atoms with van der Waals surface area (Å²) < 4.78 is 7.00. The number of aryl methyl sites for hydroxylation is 1. The number of carbonyl (C=O) groups excluding carboxylic acids is 1. The predicted octanol–water partition coefficient (Wildman–Crippen LogP) is 3.27. The Morgan fingerprint density at radius 2 is 2.00 bits per heavy atom. The highest BCUT2D eigenvalue weighted by Crippen LogP contribution is 2.32. The number of pyridine rings is 1. The molecule has 1 atom stereocenters. The molecule has 156 valence electrons. The van der Waals surface area contributed by atoms with Crippen LogP contribution in [0.3, 0.4) is 0 Å². The number of hydrogen-bond donors (Lipinski definition) is 2. The Kier molecular flexibility index (Phi) is 5.90. The van der Waals surface area contributed by atoms with Crippen molar-refractivity contribution in [1.29, 1.82) is 0 Å². The van der Waals surface area contributed by atoms with Gasteiger partial charge in [0.05, 0.1) is 40.9 Å². The lowest BCUT2D eigenvalue weighted by molar-refractivity contribution is 0.103. The van der Waals surface area contributed by atoms with E-state index < -0.39 is 0 Å². The van der Waals surface area contributed by atoms with Crippen LogP contribution in [0.15, 0.2) is 36.5 Å². The zero-order chi connectivity index (χ0) is 21.3. The van der Waals surface area contributed by atoms with Gasteiger partial charge in [0.15, 0.2) is 11.6 Å². The highest BCUT2D eigenvalue weighted by Gasteiger charge is 2.22. The van der Waals surface area contributed by atoms with Crippen LogP contribution in [0.5, 0.6) is 0 Å². The zero-order valence-corrected chi connectivity index (χ0v) is 18.3. The molecular formula is C20H22ClN6O2P. The molecule has 0 saturated carbocycles. The Labute approximate surface area is 181 Å². The summed E-state index contributed by atoms with van der Waals surface area (Å²) in [5, 5.41) is 7.97. The van der Waals surface area contributed by atoms with E-state index in [9.17, 15) is 4.79 Å². The van der Waals surface area contributed by atoms with Gasteiger partial charge in [-0.3, -0.25) is 4.79 Å². The maximum atomic E-state index is 13.3. The van der Waals surface area contributed by atoms with E-state index in [4.69, 9.17) is 22.1 Å². The summed E-state index contributed by atoms with van der Waals surface area (Å²) in [4.78, 5) is 19.9. The minimum absolute atomic E-state index is 0.228. The van der Waals surface area contributed by atoms with Gasteiger partial charge in [-0.15, -0.1) is 0 Å². The molecule has 3 N–H and O–H groups in total. The minimum atomic E-state index is -0.228. The minimum Gasteiger partial charge on any atom is -0.394 e. The molecule has 30 heavy (non-hydrogen) atoms. The van der Waals surface area contributed by atoms with E-state index in [1.165, 1.54) is 0 Å². The Bertz CT molecular complexity index is 1100. The van der Waals surface area contributed by atoms with Crippen molar-refractivity contribution in [3.05, 3.63) is 58.4 Å². The molecule has 1 aliphatic rings. The molecule has 0 spiro atoms. The molecule has 0 radical (unpaired) electrons. The quantitative estimate of drug-likeness (QED) is 0.460. The summed E-state index contributed by atoms with van der Waals surface area (Å²) >= 11 is 6.27. The second-order valence-electron chi connectivity index (χ2n) is 6.91. The molecule has 0 aliphatic carbocycles. The van der Waals surface area contributed by atoms with Gasteiger partial charge in [-0.2, -0.15) is 5.10 Å². The van der Waals surface area contributed by atoms with Crippen LogP contribution in [0.2, 0.25) is 5.02 Å². The molecule has 1 unspecified atom stereocenters. The van der Waals surface area contributed by atoms with E-state index in [1.807, 2.05) is 13.0 Å². The van der Waals surface area contributed by atoms with Gasteiger partial charge in [0.1, 0.15) is 5.82 Å². The molecule has 10 heteroatoms. The molecule has 1 aromatic carbocycles. The zero-order valence-electron chi connectivity index (χ0n) is 16.4. The van der Waals surface area contributed by atoms with Gasteiger partial charge in [0.25, 0.3) is 0 Å². The number of hydrogen-bond acceptors (Lipinski definition) is 7. The fourth-order valence-corrected chi connectivity index (χ4v) is 3.90. The lowest BCUT2D eigenvalue weighted by Crippen LogP contribution is -2.36. The summed E-state index contributed by atoms with van der Waals surface area (Å²) in [5.41, 5.74) is 8.76. The van der Waals surface area contributed by atoms with E-state index in [2.05, 4.69) is 29.7 Å². The van der Waals surface area contributed by atoms with E-state index in [0.29, 0.717) is 52.2 Å². The number of benzene rings is 1. The number of nitrogens with one attached hydrogen (secondary N) is 1. The van der Waals surface area contributed by atoms with E-state index in [1.54, 1.807) is 34.9 Å². The van der Waals surface area contributed by atoms with E-state index >= 15 is 0 Å². The number of aromatic nitrogens is 3. The summed E-state index contributed by atoms with van der Waals surface area (Å²) in [6, 6.07) is 8.80. The molecule has 8 nitrogen and oxygen atoms in total. The molecule has 0 bridgehead atoms. The fourth-order valence-electron chi connectivity index (χ4n) is 3.30. The third-order valence-corrected chi connectivity index (χ3v) is 5.68. The molecule has 1 fully saturated rings. The molecule has 3 heterocycles. The van der Waals surface area contributed by atoms with Gasteiger partial charge < -0.3 is 20.7 Å². The highest BCUT2D eigenvalue weighted by molar-refractivity contribution is 7.14. The smallest absolute Gasteiger partial charge is 0.198 e. The Morgan fingerprint density at radius 1 is 1.27 bits per heavy atom. The largest absolute Gasteiger partial charge is 0.394 e. The summed E-state index contributed by atoms with van der Waals surface area (Å²) in [5.74, 6) is 1.10. The first-order valence-corrected chi connectivity index (χ1v) is 10.3. The van der Waals surface area contributed by atoms with Crippen molar-refractivity contribution in [3.63, 3.8) is 0 Å². The van der Waals surface area contributed by atoms with Crippen LogP contribution in [0.1, 0.15) is 21.6 Å². The normalized spacial score (nSPS) is 14.0. The third-order valence-electron chi connectivity index (χ3n) is 4.97. The first-order chi connectivity index (χ1) is 14.5. The fraction of sp³-hybridized carbons (Fsp3) is 0.250. The molecule has 1 saturated heterocycles. The summed E-state index contributed by atoms with van der Waals surface area (Å²) in [6.07, 6.45) is 1.57.